The summed E-state index contributed by atoms with van der Waals surface area (Å²) in [6.45, 7) is 1.97. The lowest BCUT2D eigenvalue weighted by molar-refractivity contribution is -0.137. The standard InChI is InChI=1S/C16H16N2O2S/c1-11(13-5-2-4-12(8-13)10-17)18-14(9-16(19)20)15-6-3-7-21-15/h2-8,11,14,18H,9H2,1H3,(H,19,20). The summed E-state index contributed by atoms with van der Waals surface area (Å²) in [5.74, 6) is -0.834. The van der Waals surface area contributed by atoms with Crippen LogP contribution in [0.1, 0.15) is 41.4 Å². The number of aliphatic carboxylic acids is 1. The van der Waals surface area contributed by atoms with Crippen LogP contribution >= 0.6 is 11.3 Å². The molecule has 0 bridgehead atoms. The molecule has 1 aromatic carbocycles. The average Bonchev–Trinajstić information content (AvgIpc) is 3.00. The van der Waals surface area contributed by atoms with Gasteiger partial charge in [0.1, 0.15) is 0 Å². The molecule has 0 saturated heterocycles. The van der Waals surface area contributed by atoms with Gasteiger partial charge < -0.3 is 10.4 Å². The van der Waals surface area contributed by atoms with E-state index < -0.39 is 5.97 Å². The fraction of sp³-hybridized carbons (Fsp3) is 0.250. The monoisotopic (exact) mass is 300 g/mol. The van der Waals surface area contributed by atoms with Gasteiger partial charge >= 0.3 is 5.97 Å². The Hall–Kier alpha value is -2.16. The predicted octanol–water partition coefficient (Wildman–Crippen LogP) is 3.49. The van der Waals surface area contributed by atoms with Crippen LogP contribution < -0.4 is 5.32 Å². The third-order valence-corrected chi connectivity index (χ3v) is 4.22. The van der Waals surface area contributed by atoms with Gasteiger partial charge in [-0.3, -0.25) is 4.79 Å². The molecule has 4 nitrogen and oxygen atoms in total. The molecule has 2 rings (SSSR count). The van der Waals surface area contributed by atoms with Crippen molar-refractivity contribution in [3.05, 3.63) is 57.8 Å². The summed E-state index contributed by atoms with van der Waals surface area (Å²) in [7, 11) is 0. The molecule has 108 valence electrons. The first-order valence-corrected chi connectivity index (χ1v) is 7.49. The molecular weight excluding hydrogens is 284 g/mol. The van der Waals surface area contributed by atoms with E-state index in [9.17, 15) is 4.79 Å². The maximum absolute atomic E-state index is 11.0. The number of nitrogens with zero attached hydrogens (tertiary/aromatic N) is 1. The molecule has 1 heterocycles. The van der Waals surface area contributed by atoms with Crippen molar-refractivity contribution in [2.24, 2.45) is 0 Å². The molecule has 5 heteroatoms. The van der Waals surface area contributed by atoms with Crippen LogP contribution in [-0.2, 0) is 4.79 Å². The van der Waals surface area contributed by atoms with Crippen molar-refractivity contribution in [2.75, 3.05) is 0 Å². The highest BCUT2D eigenvalue weighted by Gasteiger charge is 2.19. The summed E-state index contributed by atoms with van der Waals surface area (Å²) in [6, 6.07) is 13.0. The highest BCUT2D eigenvalue weighted by molar-refractivity contribution is 7.10. The molecule has 2 N–H and O–H groups in total. The van der Waals surface area contributed by atoms with Crippen molar-refractivity contribution in [3.63, 3.8) is 0 Å². The summed E-state index contributed by atoms with van der Waals surface area (Å²) in [5, 5.41) is 23.3. The van der Waals surface area contributed by atoms with Gasteiger partial charge in [-0.25, -0.2) is 0 Å². The van der Waals surface area contributed by atoms with E-state index in [0.717, 1.165) is 10.4 Å². The molecule has 0 aliphatic heterocycles. The molecule has 0 aliphatic rings. The van der Waals surface area contributed by atoms with Gasteiger partial charge in [-0.05, 0) is 36.1 Å². The van der Waals surface area contributed by atoms with Crippen LogP contribution in [0.25, 0.3) is 0 Å². The molecule has 0 fully saturated rings. The Kier molecular flexibility index (Phi) is 5.09. The number of carbonyl (C=O) groups is 1. The smallest absolute Gasteiger partial charge is 0.305 e. The van der Waals surface area contributed by atoms with Crippen molar-refractivity contribution in [3.8, 4) is 6.07 Å². The van der Waals surface area contributed by atoms with E-state index in [1.165, 1.54) is 11.3 Å². The summed E-state index contributed by atoms with van der Waals surface area (Å²) >= 11 is 1.54. The minimum absolute atomic E-state index is 0.0305. The molecule has 2 unspecified atom stereocenters. The molecule has 1 aromatic heterocycles. The summed E-state index contributed by atoms with van der Waals surface area (Å²) in [4.78, 5) is 12.0. The summed E-state index contributed by atoms with van der Waals surface area (Å²) in [6.07, 6.45) is 0.0305. The molecule has 0 aliphatic carbocycles. The van der Waals surface area contributed by atoms with Crippen molar-refractivity contribution in [1.82, 2.24) is 5.32 Å². The van der Waals surface area contributed by atoms with Crippen LogP contribution in [0.2, 0.25) is 0 Å². The lowest BCUT2D eigenvalue weighted by Crippen LogP contribution is -2.26. The van der Waals surface area contributed by atoms with E-state index >= 15 is 0 Å². The first-order chi connectivity index (χ1) is 10.1. The molecule has 2 aromatic rings. The SMILES string of the molecule is CC(NC(CC(=O)O)c1cccs1)c1cccc(C#N)c1. The number of rotatable bonds is 6. The fourth-order valence-electron chi connectivity index (χ4n) is 2.18. The maximum atomic E-state index is 11.0. The van der Waals surface area contributed by atoms with E-state index in [4.69, 9.17) is 10.4 Å². The number of nitrogens with one attached hydrogen (secondary N) is 1. The van der Waals surface area contributed by atoms with Crippen LogP contribution in [0.15, 0.2) is 41.8 Å². The summed E-state index contributed by atoms with van der Waals surface area (Å²) < 4.78 is 0. The molecule has 0 saturated carbocycles. The van der Waals surface area contributed by atoms with Crippen molar-refractivity contribution in [2.45, 2.75) is 25.4 Å². The van der Waals surface area contributed by atoms with Crippen molar-refractivity contribution < 1.29 is 9.90 Å². The highest BCUT2D eigenvalue weighted by atomic mass is 32.1. The zero-order valence-corrected chi connectivity index (χ0v) is 12.4. The largest absolute Gasteiger partial charge is 0.481 e. The molecule has 21 heavy (non-hydrogen) atoms. The Labute approximate surface area is 127 Å². The second-order valence-electron chi connectivity index (χ2n) is 4.79. The number of hydrogen-bond acceptors (Lipinski definition) is 4. The van der Waals surface area contributed by atoms with Crippen LogP contribution in [0.3, 0.4) is 0 Å². The van der Waals surface area contributed by atoms with Crippen LogP contribution in [0.4, 0.5) is 0 Å². The predicted molar refractivity (Wildman–Crippen MR) is 82.0 cm³/mol. The topological polar surface area (TPSA) is 73.1 Å². The van der Waals surface area contributed by atoms with E-state index in [0.29, 0.717) is 5.56 Å². The number of carboxylic acids is 1. The normalized spacial score (nSPS) is 13.3. The fourth-order valence-corrected chi connectivity index (χ4v) is 2.97. The second-order valence-corrected chi connectivity index (χ2v) is 5.77. The van der Waals surface area contributed by atoms with E-state index in [-0.39, 0.29) is 18.5 Å². The quantitative estimate of drug-likeness (QED) is 0.856. The zero-order valence-electron chi connectivity index (χ0n) is 11.6. The first kappa shape index (κ1) is 15.2. The van der Waals surface area contributed by atoms with Crippen LogP contribution in [-0.4, -0.2) is 11.1 Å². The van der Waals surface area contributed by atoms with Gasteiger partial charge in [-0.15, -0.1) is 11.3 Å². The van der Waals surface area contributed by atoms with Gasteiger partial charge in [0.2, 0.25) is 0 Å². The average molecular weight is 300 g/mol. The van der Waals surface area contributed by atoms with E-state index in [1.807, 2.05) is 42.6 Å². The number of carboxylic acid groups (broad SMARTS) is 1. The Bertz CT molecular complexity index is 647. The molecule has 0 radical (unpaired) electrons. The third-order valence-electron chi connectivity index (χ3n) is 3.23. The zero-order chi connectivity index (χ0) is 15.2. The Morgan fingerprint density at radius 2 is 2.24 bits per heavy atom. The van der Waals surface area contributed by atoms with Crippen LogP contribution in [0.5, 0.6) is 0 Å². The molecular formula is C16H16N2O2S. The van der Waals surface area contributed by atoms with Crippen molar-refractivity contribution in [1.29, 1.82) is 5.26 Å². The lowest BCUT2D eigenvalue weighted by Gasteiger charge is -2.21. The van der Waals surface area contributed by atoms with E-state index in [1.54, 1.807) is 6.07 Å². The second kappa shape index (κ2) is 7.02. The Morgan fingerprint density at radius 1 is 1.43 bits per heavy atom. The summed E-state index contributed by atoms with van der Waals surface area (Å²) in [5.41, 5.74) is 1.58. The minimum atomic E-state index is -0.834. The number of thiophene rings is 1. The number of nitriles is 1. The highest BCUT2D eigenvalue weighted by Crippen LogP contribution is 2.26. The maximum Gasteiger partial charge on any atom is 0.305 e. The van der Waals surface area contributed by atoms with Crippen molar-refractivity contribution >= 4 is 17.3 Å². The molecule has 0 spiro atoms. The van der Waals surface area contributed by atoms with Gasteiger partial charge in [-0.1, -0.05) is 18.2 Å². The first-order valence-electron chi connectivity index (χ1n) is 6.61. The minimum Gasteiger partial charge on any atom is -0.481 e. The Balaban J connectivity index is 2.16. The van der Waals surface area contributed by atoms with E-state index in [2.05, 4.69) is 11.4 Å². The number of benzene rings is 1. The van der Waals surface area contributed by atoms with Gasteiger partial charge in [0, 0.05) is 10.9 Å². The van der Waals surface area contributed by atoms with Crippen LogP contribution in [0, 0.1) is 11.3 Å². The van der Waals surface area contributed by atoms with Gasteiger partial charge in [0.15, 0.2) is 0 Å². The number of hydrogen-bond donors (Lipinski definition) is 2. The van der Waals surface area contributed by atoms with Gasteiger partial charge in [0.25, 0.3) is 0 Å². The molecule has 2 atom stereocenters. The lowest BCUT2D eigenvalue weighted by atomic mass is 10.0. The Morgan fingerprint density at radius 3 is 2.86 bits per heavy atom. The molecule has 0 amide bonds. The third kappa shape index (κ3) is 4.15. The van der Waals surface area contributed by atoms with Gasteiger partial charge in [0.05, 0.1) is 24.1 Å². The van der Waals surface area contributed by atoms with Gasteiger partial charge in [-0.2, -0.15) is 5.26 Å².